The number of thiol groups is 1. The van der Waals surface area contributed by atoms with Gasteiger partial charge in [-0.25, -0.2) is 4.39 Å². The fourth-order valence-corrected chi connectivity index (χ4v) is 2.62. The zero-order valence-electron chi connectivity index (χ0n) is 11.2. The molecule has 1 aromatic carbocycles. The maximum Gasteiger partial charge on any atom is 0.253 e. The molecule has 0 aliphatic carbocycles. The van der Waals surface area contributed by atoms with Gasteiger partial charge < -0.3 is 10.2 Å². The number of likely N-dealkylation sites (tertiary alicyclic amines) is 1. The Kier molecular flexibility index (Phi) is 4.65. The molecule has 1 unspecified atom stereocenters. The van der Waals surface area contributed by atoms with Gasteiger partial charge in [0.2, 0.25) is 5.91 Å². The van der Waals surface area contributed by atoms with E-state index in [1.165, 1.54) is 18.2 Å². The number of carbonyl (C=O) groups is 2. The first-order valence-corrected chi connectivity index (χ1v) is 6.97. The molecular weight excluding hydrogens is 279 g/mol. The van der Waals surface area contributed by atoms with Gasteiger partial charge in [-0.05, 0) is 31.0 Å². The van der Waals surface area contributed by atoms with Crippen LogP contribution in [0.15, 0.2) is 23.1 Å². The zero-order valence-corrected chi connectivity index (χ0v) is 12.1. The fraction of sp³-hybridized carbons (Fsp3) is 0.429. The first kappa shape index (κ1) is 14.8. The van der Waals surface area contributed by atoms with Gasteiger partial charge in [0.25, 0.3) is 5.91 Å². The van der Waals surface area contributed by atoms with Crippen molar-refractivity contribution in [2.75, 3.05) is 20.1 Å². The maximum absolute atomic E-state index is 13.2. The van der Waals surface area contributed by atoms with Crippen LogP contribution < -0.4 is 5.32 Å². The van der Waals surface area contributed by atoms with Gasteiger partial charge in [0.1, 0.15) is 5.82 Å². The quantitative estimate of drug-likeness (QED) is 0.816. The van der Waals surface area contributed by atoms with Gasteiger partial charge in [-0.3, -0.25) is 9.59 Å². The summed E-state index contributed by atoms with van der Waals surface area (Å²) in [5.41, 5.74) is 0.397. The third-order valence-electron chi connectivity index (χ3n) is 3.52. The molecular formula is C14H17FN2O2S. The highest BCUT2D eigenvalue weighted by atomic mass is 32.1. The van der Waals surface area contributed by atoms with E-state index in [9.17, 15) is 14.0 Å². The second kappa shape index (κ2) is 6.26. The van der Waals surface area contributed by atoms with E-state index in [1.807, 2.05) is 0 Å². The van der Waals surface area contributed by atoms with E-state index < -0.39 is 5.82 Å². The summed E-state index contributed by atoms with van der Waals surface area (Å²) in [7, 11) is 1.59. The van der Waals surface area contributed by atoms with E-state index in [1.54, 1.807) is 11.9 Å². The van der Waals surface area contributed by atoms with Crippen LogP contribution in [0.25, 0.3) is 0 Å². The predicted molar refractivity (Wildman–Crippen MR) is 76.3 cm³/mol. The summed E-state index contributed by atoms with van der Waals surface area (Å²) in [5, 5.41) is 2.61. The molecule has 1 aliphatic heterocycles. The molecule has 1 saturated heterocycles. The molecule has 1 fully saturated rings. The summed E-state index contributed by atoms with van der Waals surface area (Å²) < 4.78 is 13.2. The SMILES string of the molecule is CNC(=O)C1CCCN(C(=O)c2ccc(F)c(S)c2)C1. The van der Waals surface area contributed by atoms with Crippen molar-refractivity contribution in [3.8, 4) is 0 Å². The van der Waals surface area contributed by atoms with Crippen LogP contribution in [0, 0.1) is 11.7 Å². The highest BCUT2D eigenvalue weighted by molar-refractivity contribution is 7.80. The average Bonchev–Trinajstić information content (AvgIpc) is 2.48. The fourth-order valence-electron chi connectivity index (χ4n) is 2.41. The molecule has 108 valence electrons. The molecule has 0 spiro atoms. The van der Waals surface area contributed by atoms with E-state index in [2.05, 4.69) is 17.9 Å². The molecule has 20 heavy (non-hydrogen) atoms. The molecule has 1 atom stereocenters. The normalized spacial score (nSPS) is 18.8. The Bertz CT molecular complexity index is 536. The molecule has 1 N–H and O–H groups in total. The summed E-state index contributed by atoms with van der Waals surface area (Å²) in [6, 6.07) is 4.10. The van der Waals surface area contributed by atoms with Crippen LogP contribution in [0.2, 0.25) is 0 Å². The number of hydrogen-bond acceptors (Lipinski definition) is 3. The summed E-state index contributed by atoms with van der Waals surface area (Å²) in [6.07, 6.45) is 1.57. The summed E-state index contributed by atoms with van der Waals surface area (Å²) in [4.78, 5) is 25.8. The molecule has 1 aromatic rings. The lowest BCUT2D eigenvalue weighted by atomic mass is 9.96. The number of benzene rings is 1. The number of halogens is 1. The van der Waals surface area contributed by atoms with Crippen molar-refractivity contribution in [1.29, 1.82) is 0 Å². The number of amides is 2. The number of piperidine rings is 1. The van der Waals surface area contributed by atoms with Crippen molar-refractivity contribution < 1.29 is 14.0 Å². The lowest BCUT2D eigenvalue weighted by Crippen LogP contribution is -2.44. The number of nitrogens with one attached hydrogen (secondary N) is 1. The van der Waals surface area contributed by atoms with Crippen molar-refractivity contribution in [3.05, 3.63) is 29.6 Å². The predicted octanol–water partition coefficient (Wildman–Crippen LogP) is 1.71. The Balaban J connectivity index is 2.12. The number of rotatable bonds is 2. The Morgan fingerprint density at radius 2 is 2.20 bits per heavy atom. The van der Waals surface area contributed by atoms with E-state index in [-0.39, 0.29) is 22.6 Å². The first-order valence-electron chi connectivity index (χ1n) is 6.52. The van der Waals surface area contributed by atoms with E-state index in [0.717, 1.165) is 12.8 Å². The maximum atomic E-state index is 13.2. The van der Waals surface area contributed by atoms with Gasteiger partial charge in [-0.15, -0.1) is 12.6 Å². The van der Waals surface area contributed by atoms with Crippen molar-refractivity contribution in [3.63, 3.8) is 0 Å². The third kappa shape index (κ3) is 3.12. The van der Waals surface area contributed by atoms with E-state index in [0.29, 0.717) is 18.7 Å². The third-order valence-corrected chi connectivity index (χ3v) is 3.86. The number of nitrogens with zero attached hydrogens (tertiary/aromatic N) is 1. The van der Waals surface area contributed by atoms with Gasteiger partial charge in [0.05, 0.1) is 5.92 Å². The topological polar surface area (TPSA) is 49.4 Å². The van der Waals surface area contributed by atoms with Crippen LogP contribution in [0.5, 0.6) is 0 Å². The van der Waals surface area contributed by atoms with Crippen LogP contribution in [0.3, 0.4) is 0 Å². The van der Waals surface area contributed by atoms with Crippen LogP contribution in [0.4, 0.5) is 4.39 Å². The molecule has 1 aliphatic rings. The van der Waals surface area contributed by atoms with Crippen LogP contribution >= 0.6 is 12.6 Å². The largest absolute Gasteiger partial charge is 0.359 e. The molecule has 0 radical (unpaired) electrons. The van der Waals surface area contributed by atoms with E-state index in [4.69, 9.17) is 0 Å². The molecule has 0 aromatic heterocycles. The van der Waals surface area contributed by atoms with Crippen molar-refractivity contribution >= 4 is 24.4 Å². The highest BCUT2D eigenvalue weighted by Crippen LogP contribution is 2.21. The monoisotopic (exact) mass is 296 g/mol. The van der Waals surface area contributed by atoms with Crippen molar-refractivity contribution in [2.45, 2.75) is 17.7 Å². The van der Waals surface area contributed by atoms with Gasteiger partial charge >= 0.3 is 0 Å². The molecule has 4 nitrogen and oxygen atoms in total. The van der Waals surface area contributed by atoms with Crippen molar-refractivity contribution in [2.24, 2.45) is 5.92 Å². The summed E-state index contributed by atoms with van der Waals surface area (Å²) in [6.45, 7) is 1.02. The minimum atomic E-state index is -0.452. The molecule has 0 saturated carbocycles. The standard InChI is InChI=1S/C14H17FN2O2S/c1-16-13(18)10-3-2-6-17(8-10)14(19)9-4-5-11(15)12(20)7-9/h4-5,7,10,20H,2-3,6,8H2,1H3,(H,16,18). The lowest BCUT2D eigenvalue weighted by molar-refractivity contribution is -0.125. The molecule has 2 amide bonds. The minimum absolute atomic E-state index is 0.0449. The Morgan fingerprint density at radius 3 is 2.85 bits per heavy atom. The Morgan fingerprint density at radius 1 is 1.45 bits per heavy atom. The number of hydrogen-bond donors (Lipinski definition) is 2. The highest BCUT2D eigenvalue weighted by Gasteiger charge is 2.28. The molecule has 2 rings (SSSR count). The Hall–Kier alpha value is -1.56. The van der Waals surface area contributed by atoms with Gasteiger partial charge in [-0.2, -0.15) is 0 Å². The summed E-state index contributed by atoms with van der Waals surface area (Å²) >= 11 is 3.98. The average molecular weight is 296 g/mol. The Labute approximate surface area is 122 Å². The minimum Gasteiger partial charge on any atom is -0.359 e. The number of carbonyl (C=O) groups excluding carboxylic acids is 2. The first-order chi connectivity index (χ1) is 9.52. The lowest BCUT2D eigenvalue weighted by Gasteiger charge is -2.32. The van der Waals surface area contributed by atoms with Crippen LogP contribution in [-0.4, -0.2) is 36.9 Å². The van der Waals surface area contributed by atoms with Crippen LogP contribution in [-0.2, 0) is 4.79 Å². The molecule has 0 bridgehead atoms. The second-order valence-corrected chi connectivity index (χ2v) is 5.35. The van der Waals surface area contributed by atoms with Gasteiger partial charge in [0, 0.05) is 30.6 Å². The zero-order chi connectivity index (χ0) is 14.7. The second-order valence-electron chi connectivity index (χ2n) is 4.87. The summed E-state index contributed by atoms with van der Waals surface area (Å²) in [5.74, 6) is -0.856. The van der Waals surface area contributed by atoms with E-state index >= 15 is 0 Å². The molecule has 6 heteroatoms. The smallest absolute Gasteiger partial charge is 0.253 e. The van der Waals surface area contributed by atoms with Crippen LogP contribution in [0.1, 0.15) is 23.2 Å². The van der Waals surface area contributed by atoms with Gasteiger partial charge in [-0.1, -0.05) is 0 Å². The van der Waals surface area contributed by atoms with Gasteiger partial charge in [0.15, 0.2) is 0 Å². The molecule has 1 heterocycles. The van der Waals surface area contributed by atoms with Crippen molar-refractivity contribution in [1.82, 2.24) is 10.2 Å².